The Balaban J connectivity index is 1.71. The second-order valence-electron chi connectivity index (χ2n) is 6.04. The average Bonchev–Trinajstić information content (AvgIpc) is 2.95. The summed E-state index contributed by atoms with van der Waals surface area (Å²) in [5, 5.41) is 11.8. The lowest BCUT2D eigenvalue weighted by Crippen LogP contribution is -2.45. The number of alkyl carbamates (subject to hydrolysis) is 1. The summed E-state index contributed by atoms with van der Waals surface area (Å²) >= 11 is 0. The first-order valence-corrected chi connectivity index (χ1v) is 7.75. The molecule has 5 nitrogen and oxygen atoms in total. The third kappa shape index (κ3) is 4.66. The minimum atomic E-state index is -0.972. The van der Waals surface area contributed by atoms with Crippen molar-refractivity contribution in [3.63, 3.8) is 0 Å². The van der Waals surface area contributed by atoms with E-state index in [1.54, 1.807) is 0 Å². The van der Waals surface area contributed by atoms with Crippen LogP contribution in [0.3, 0.4) is 0 Å². The fourth-order valence-corrected chi connectivity index (χ4v) is 3.10. The summed E-state index contributed by atoms with van der Waals surface area (Å²) in [7, 11) is 0. The third-order valence-corrected chi connectivity index (χ3v) is 4.42. The Labute approximate surface area is 125 Å². The zero-order chi connectivity index (χ0) is 15.2. The molecule has 2 rings (SSSR count). The van der Waals surface area contributed by atoms with E-state index in [1.807, 2.05) is 0 Å². The molecule has 1 amide bonds. The van der Waals surface area contributed by atoms with Crippen molar-refractivity contribution in [1.82, 2.24) is 5.32 Å². The highest BCUT2D eigenvalue weighted by Gasteiger charge is 2.41. The van der Waals surface area contributed by atoms with Crippen molar-refractivity contribution >= 4 is 12.1 Å². The topological polar surface area (TPSA) is 75.6 Å². The first-order chi connectivity index (χ1) is 10.1. The van der Waals surface area contributed by atoms with Crippen LogP contribution in [0.25, 0.3) is 0 Å². The normalized spacial score (nSPS) is 25.9. The number of carboxylic acids is 1. The molecular weight excluding hydrogens is 270 g/mol. The van der Waals surface area contributed by atoms with Gasteiger partial charge in [-0.3, -0.25) is 0 Å². The van der Waals surface area contributed by atoms with E-state index in [1.165, 1.54) is 0 Å². The summed E-state index contributed by atoms with van der Waals surface area (Å²) in [6.07, 6.45) is 11.8. The number of amides is 1. The molecule has 0 saturated heterocycles. The Bertz CT molecular complexity index is 422. The van der Waals surface area contributed by atoms with Crippen molar-refractivity contribution in [2.24, 2.45) is 11.8 Å². The Hall–Kier alpha value is -1.70. The Morgan fingerprint density at radius 3 is 2.71 bits per heavy atom. The van der Waals surface area contributed by atoms with Gasteiger partial charge in [-0.1, -0.05) is 12.8 Å². The molecule has 2 aliphatic carbocycles. The molecule has 5 heteroatoms. The van der Waals surface area contributed by atoms with Crippen molar-refractivity contribution in [3.05, 3.63) is 0 Å². The molecule has 3 atom stereocenters. The number of carbonyl (C=O) groups excluding carboxylic acids is 1. The molecule has 116 valence electrons. The predicted octanol–water partition coefficient (Wildman–Crippen LogP) is 2.55. The molecule has 0 spiro atoms. The fraction of sp³-hybridized carbons (Fsp3) is 0.750. The molecule has 1 unspecified atom stereocenters. The highest BCUT2D eigenvalue weighted by molar-refractivity contribution is 5.80. The van der Waals surface area contributed by atoms with Gasteiger partial charge in [0.2, 0.25) is 0 Å². The van der Waals surface area contributed by atoms with Gasteiger partial charge in [-0.05, 0) is 43.9 Å². The minimum absolute atomic E-state index is 0.0284. The van der Waals surface area contributed by atoms with Gasteiger partial charge in [0, 0.05) is 6.42 Å². The quantitative estimate of drug-likeness (QED) is 0.558. The molecular formula is C16H23NO4. The van der Waals surface area contributed by atoms with E-state index in [-0.39, 0.29) is 12.0 Å². The lowest BCUT2D eigenvalue weighted by atomic mass is 9.98. The lowest BCUT2D eigenvalue weighted by Gasteiger charge is -2.20. The van der Waals surface area contributed by atoms with E-state index in [2.05, 4.69) is 11.2 Å². The van der Waals surface area contributed by atoms with E-state index in [0.717, 1.165) is 51.4 Å². The van der Waals surface area contributed by atoms with Crippen LogP contribution in [0.1, 0.15) is 51.4 Å². The van der Waals surface area contributed by atoms with E-state index in [0.29, 0.717) is 5.92 Å². The highest BCUT2D eigenvalue weighted by atomic mass is 16.6. The second kappa shape index (κ2) is 7.35. The molecule has 0 aromatic heterocycles. The van der Waals surface area contributed by atoms with Crippen LogP contribution in [0, 0.1) is 24.2 Å². The van der Waals surface area contributed by atoms with Crippen LogP contribution < -0.4 is 5.32 Å². The number of ether oxygens (including phenoxy) is 1. The maximum absolute atomic E-state index is 11.8. The molecule has 2 N–H and O–H groups in total. The third-order valence-electron chi connectivity index (χ3n) is 4.42. The summed E-state index contributed by atoms with van der Waals surface area (Å²) in [6, 6.07) is -0.821. The molecule has 0 bridgehead atoms. The van der Waals surface area contributed by atoms with Gasteiger partial charge in [0.15, 0.2) is 0 Å². The maximum atomic E-state index is 11.8. The van der Waals surface area contributed by atoms with Gasteiger partial charge in [0.1, 0.15) is 12.1 Å². The summed E-state index contributed by atoms with van der Waals surface area (Å²) in [4.78, 5) is 23.1. The number of nitrogens with one attached hydrogen (secondary N) is 1. The number of carbonyl (C=O) groups is 2. The number of unbranched alkanes of at least 4 members (excludes halogenated alkanes) is 1. The van der Waals surface area contributed by atoms with Crippen molar-refractivity contribution in [2.45, 2.75) is 63.5 Å². The predicted molar refractivity (Wildman–Crippen MR) is 77.6 cm³/mol. The molecule has 2 saturated carbocycles. The Morgan fingerprint density at radius 1 is 1.38 bits per heavy atom. The number of terminal acetylenes is 1. The van der Waals surface area contributed by atoms with E-state index in [4.69, 9.17) is 11.2 Å². The maximum Gasteiger partial charge on any atom is 0.408 e. The number of carboxylic acid groups (broad SMARTS) is 1. The molecule has 2 fully saturated rings. The summed E-state index contributed by atoms with van der Waals surface area (Å²) in [5.74, 6) is 2.04. The zero-order valence-electron chi connectivity index (χ0n) is 12.2. The summed E-state index contributed by atoms with van der Waals surface area (Å²) in [6.45, 7) is 0. The Morgan fingerprint density at radius 2 is 2.10 bits per heavy atom. The fourth-order valence-electron chi connectivity index (χ4n) is 3.10. The second-order valence-corrected chi connectivity index (χ2v) is 6.04. The summed E-state index contributed by atoms with van der Waals surface area (Å²) < 4.78 is 5.28. The number of hydrogen-bond acceptors (Lipinski definition) is 3. The highest BCUT2D eigenvalue weighted by Crippen LogP contribution is 2.38. The molecule has 0 heterocycles. The van der Waals surface area contributed by atoms with Crippen LogP contribution in [0.5, 0.6) is 0 Å². The lowest BCUT2D eigenvalue weighted by molar-refractivity contribution is -0.140. The van der Waals surface area contributed by atoms with Crippen molar-refractivity contribution in [3.8, 4) is 12.3 Å². The smallest absolute Gasteiger partial charge is 0.408 e. The van der Waals surface area contributed by atoms with Crippen LogP contribution in [-0.4, -0.2) is 29.3 Å². The van der Waals surface area contributed by atoms with Gasteiger partial charge in [-0.25, -0.2) is 9.59 Å². The van der Waals surface area contributed by atoms with Gasteiger partial charge in [0.25, 0.3) is 0 Å². The summed E-state index contributed by atoms with van der Waals surface area (Å²) in [5.41, 5.74) is 0. The molecule has 2 aliphatic rings. The SMILES string of the molecule is C#CCCC[C@@H]1C[C@H]1OC(=O)NC(C(=O)O)C1CCCC1. The molecule has 0 aromatic carbocycles. The van der Waals surface area contributed by atoms with E-state index < -0.39 is 18.1 Å². The first-order valence-electron chi connectivity index (χ1n) is 7.75. The molecule has 0 aliphatic heterocycles. The zero-order valence-corrected chi connectivity index (χ0v) is 12.2. The number of aliphatic carboxylic acids is 1. The standard InChI is InChI=1S/C16H23NO4/c1-2-3-4-9-12-10-13(12)21-16(20)17-14(15(18)19)11-7-5-6-8-11/h1,11-14H,3-10H2,(H,17,20)(H,18,19)/t12-,13-,14?/m1/s1. The van der Waals surface area contributed by atoms with Gasteiger partial charge < -0.3 is 15.2 Å². The van der Waals surface area contributed by atoms with Crippen molar-refractivity contribution < 1.29 is 19.4 Å². The first kappa shape index (κ1) is 15.7. The van der Waals surface area contributed by atoms with Crippen LogP contribution >= 0.6 is 0 Å². The van der Waals surface area contributed by atoms with Gasteiger partial charge in [-0.2, -0.15) is 0 Å². The van der Waals surface area contributed by atoms with Crippen LogP contribution in [-0.2, 0) is 9.53 Å². The monoisotopic (exact) mass is 293 g/mol. The molecule has 0 radical (unpaired) electrons. The van der Waals surface area contributed by atoms with Gasteiger partial charge in [0.05, 0.1) is 0 Å². The average molecular weight is 293 g/mol. The van der Waals surface area contributed by atoms with Crippen LogP contribution in [0.2, 0.25) is 0 Å². The van der Waals surface area contributed by atoms with Gasteiger partial charge >= 0.3 is 12.1 Å². The van der Waals surface area contributed by atoms with E-state index >= 15 is 0 Å². The van der Waals surface area contributed by atoms with Gasteiger partial charge in [-0.15, -0.1) is 12.3 Å². The van der Waals surface area contributed by atoms with Crippen molar-refractivity contribution in [1.29, 1.82) is 0 Å². The van der Waals surface area contributed by atoms with E-state index in [9.17, 15) is 14.7 Å². The molecule has 21 heavy (non-hydrogen) atoms. The number of hydrogen-bond donors (Lipinski definition) is 2. The minimum Gasteiger partial charge on any atom is -0.480 e. The van der Waals surface area contributed by atoms with Crippen LogP contribution in [0.4, 0.5) is 4.79 Å². The molecule has 0 aromatic rings. The van der Waals surface area contributed by atoms with Crippen LogP contribution in [0.15, 0.2) is 0 Å². The largest absolute Gasteiger partial charge is 0.480 e. The number of rotatable bonds is 7. The Kier molecular flexibility index (Phi) is 5.49. The van der Waals surface area contributed by atoms with Crippen molar-refractivity contribution in [2.75, 3.05) is 0 Å².